The van der Waals surface area contributed by atoms with Crippen LogP contribution in [0, 0.1) is 0 Å². The van der Waals surface area contributed by atoms with Crippen LogP contribution in [0.25, 0.3) is 0 Å². The summed E-state index contributed by atoms with van der Waals surface area (Å²) in [7, 11) is 0. The van der Waals surface area contributed by atoms with Crippen LogP contribution >= 0.6 is 0 Å². The molecule has 0 saturated carbocycles. The third kappa shape index (κ3) is 32.1. The van der Waals surface area contributed by atoms with Gasteiger partial charge in [-0.15, -0.1) is 0 Å². The molecule has 0 aromatic heterocycles. The zero-order chi connectivity index (χ0) is 34.0. The standard InChI is InChI=1S/C39H73NO6/c1-2-3-4-5-6-7-8-9-10-11-12-13-14-15-16-17-18-19-20-21-22-26-33-40(34-27-23-30-37(41)42,35-28-24-31-38(43)44)36-29-25-32-39(45)46/h13-14H,2-12,15-36H2,1H3,(H2-,41,42,43,44,45,46)/p+1/b14-13+. The summed E-state index contributed by atoms with van der Waals surface area (Å²) in [5.41, 5.74) is 0. The van der Waals surface area contributed by atoms with Gasteiger partial charge in [0.2, 0.25) is 0 Å². The van der Waals surface area contributed by atoms with Gasteiger partial charge in [-0.2, -0.15) is 0 Å². The molecule has 0 aliphatic carbocycles. The van der Waals surface area contributed by atoms with E-state index in [1.165, 1.54) is 122 Å². The lowest BCUT2D eigenvalue weighted by molar-refractivity contribution is -0.929. The van der Waals surface area contributed by atoms with Crippen LogP contribution in [-0.4, -0.2) is 63.9 Å². The number of quaternary nitrogens is 1. The lowest BCUT2D eigenvalue weighted by Crippen LogP contribution is -2.51. The minimum atomic E-state index is -0.767. The molecule has 0 aromatic carbocycles. The fourth-order valence-corrected chi connectivity index (χ4v) is 6.60. The van der Waals surface area contributed by atoms with Gasteiger partial charge in [-0.05, 0) is 77.0 Å². The summed E-state index contributed by atoms with van der Waals surface area (Å²) in [4.78, 5) is 33.1. The van der Waals surface area contributed by atoms with Gasteiger partial charge < -0.3 is 19.8 Å². The normalized spacial score (nSPS) is 11.8. The molecule has 0 aromatic rings. The SMILES string of the molecule is CCCCCCCCCCCC/C=C/CCCCCCCCCC[N+](CCCCC(=O)O)(CCCCC(=O)O)CCCCC(=O)O. The molecule has 46 heavy (non-hydrogen) atoms. The topological polar surface area (TPSA) is 112 Å². The molecule has 7 nitrogen and oxygen atoms in total. The number of allylic oxidation sites excluding steroid dienone is 2. The zero-order valence-corrected chi connectivity index (χ0v) is 30.0. The third-order valence-electron chi connectivity index (χ3n) is 9.46. The van der Waals surface area contributed by atoms with Crippen LogP contribution in [0.15, 0.2) is 12.2 Å². The van der Waals surface area contributed by atoms with Gasteiger partial charge in [-0.25, -0.2) is 0 Å². The Kier molecular flexibility index (Phi) is 31.7. The highest BCUT2D eigenvalue weighted by Gasteiger charge is 2.26. The number of nitrogens with zero attached hydrogens (tertiary/aromatic N) is 1. The molecule has 3 N–H and O–H groups in total. The average molecular weight is 653 g/mol. The van der Waals surface area contributed by atoms with Crippen molar-refractivity contribution in [2.45, 2.75) is 193 Å². The van der Waals surface area contributed by atoms with Gasteiger partial charge in [0, 0.05) is 19.3 Å². The Bertz CT molecular complexity index is 698. The van der Waals surface area contributed by atoms with Crippen molar-refractivity contribution >= 4 is 17.9 Å². The second-order valence-corrected chi connectivity index (χ2v) is 13.8. The summed E-state index contributed by atoms with van der Waals surface area (Å²) in [6.45, 7) is 5.96. The zero-order valence-electron chi connectivity index (χ0n) is 30.0. The molecule has 0 aliphatic heterocycles. The first-order valence-corrected chi connectivity index (χ1v) is 19.5. The number of hydrogen-bond acceptors (Lipinski definition) is 3. The van der Waals surface area contributed by atoms with Gasteiger partial charge in [-0.3, -0.25) is 14.4 Å². The molecule has 0 rings (SSSR count). The summed E-state index contributed by atoms with van der Waals surface area (Å²) in [5.74, 6) is -2.30. The Morgan fingerprint density at radius 3 is 0.957 bits per heavy atom. The van der Waals surface area contributed by atoms with E-state index < -0.39 is 17.9 Å². The number of unbranched alkanes of at least 4 members (excludes halogenated alkanes) is 21. The lowest BCUT2D eigenvalue weighted by atomic mass is 10.0. The maximum absolute atomic E-state index is 11.0. The van der Waals surface area contributed by atoms with E-state index in [-0.39, 0.29) is 19.3 Å². The van der Waals surface area contributed by atoms with Crippen molar-refractivity contribution in [3.63, 3.8) is 0 Å². The summed E-state index contributed by atoms with van der Waals surface area (Å²) in [6, 6.07) is 0. The van der Waals surface area contributed by atoms with E-state index in [0.29, 0.717) is 19.3 Å². The summed E-state index contributed by atoms with van der Waals surface area (Å²) >= 11 is 0. The van der Waals surface area contributed by atoms with Crippen LogP contribution < -0.4 is 0 Å². The lowest BCUT2D eigenvalue weighted by Gasteiger charge is -2.39. The van der Waals surface area contributed by atoms with E-state index in [2.05, 4.69) is 19.1 Å². The molecule has 0 radical (unpaired) electrons. The predicted octanol–water partition coefficient (Wildman–Crippen LogP) is 10.9. The molecule has 0 heterocycles. The molecule has 0 fully saturated rings. The van der Waals surface area contributed by atoms with E-state index >= 15 is 0 Å². The number of hydrogen-bond donors (Lipinski definition) is 3. The van der Waals surface area contributed by atoms with Crippen LogP contribution in [0.5, 0.6) is 0 Å². The Balaban J connectivity index is 4.18. The number of aliphatic carboxylic acids is 3. The molecule has 0 spiro atoms. The van der Waals surface area contributed by atoms with E-state index in [9.17, 15) is 14.4 Å². The summed E-state index contributed by atoms with van der Waals surface area (Å²) < 4.78 is 0.867. The van der Waals surface area contributed by atoms with Crippen molar-refractivity contribution in [3.8, 4) is 0 Å². The maximum atomic E-state index is 11.0. The number of carbonyl (C=O) groups is 3. The maximum Gasteiger partial charge on any atom is 0.303 e. The van der Waals surface area contributed by atoms with Crippen LogP contribution in [0.4, 0.5) is 0 Å². The fourth-order valence-electron chi connectivity index (χ4n) is 6.60. The van der Waals surface area contributed by atoms with Gasteiger partial charge in [0.15, 0.2) is 0 Å². The first-order valence-electron chi connectivity index (χ1n) is 19.5. The Morgan fingerprint density at radius 1 is 0.391 bits per heavy atom. The number of carboxylic acid groups (broad SMARTS) is 3. The second kappa shape index (κ2) is 33.0. The minimum absolute atomic E-state index is 0.174. The van der Waals surface area contributed by atoms with E-state index in [1.807, 2.05) is 0 Å². The largest absolute Gasteiger partial charge is 0.481 e. The molecule has 0 saturated heterocycles. The first-order chi connectivity index (χ1) is 22.3. The van der Waals surface area contributed by atoms with Gasteiger partial charge in [0.1, 0.15) is 0 Å². The first kappa shape index (κ1) is 44.1. The van der Waals surface area contributed by atoms with E-state index in [0.717, 1.165) is 56.3 Å². The molecule has 0 amide bonds. The average Bonchev–Trinajstić information content (AvgIpc) is 3.02. The molecule has 0 aliphatic rings. The van der Waals surface area contributed by atoms with Gasteiger partial charge in [0.25, 0.3) is 0 Å². The highest BCUT2D eigenvalue weighted by atomic mass is 16.4. The van der Waals surface area contributed by atoms with Crippen LogP contribution in [0.1, 0.15) is 193 Å². The van der Waals surface area contributed by atoms with Crippen molar-refractivity contribution in [1.29, 1.82) is 0 Å². The van der Waals surface area contributed by atoms with Crippen molar-refractivity contribution in [2.24, 2.45) is 0 Å². The van der Waals surface area contributed by atoms with Crippen molar-refractivity contribution in [3.05, 3.63) is 12.2 Å². The number of rotatable bonds is 37. The van der Waals surface area contributed by atoms with Crippen LogP contribution in [-0.2, 0) is 14.4 Å². The van der Waals surface area contributed by atoms with Crippen molar-refractivity contribution in [2.75, 3.05) is 26.2 Å². The molecule has 0 atom stereocenters. The third-order valence-corrected chi connectivity index (χ3v) is 9.46. The van der Waals surface area contributed by atoms with Crippen LogP contribution in [0.3, 0.4) is 0 Å². The minimum Gasteiger partial charge on any atom is -0.481 e. The quantitative estimate of drug-likeness (QED) is 0.0350. The van der Waals surface area contributed by atoms with E-state index in [4.69, 9.17) is 15.3 Å². The molecule has 0 unspecified atom stereocenters. The Hall–Kier alpha value is -1.89. The number of carboxylic acids is 3. The van der Waals surface area contributed by atoms with E-state index in [1.54, 1.807) is 0 Å². The molecular weight excluding hydrogens is 578 g/mol. The summed E-state index contributed by atoms with van der Waals surface area (Å²) in [6.07, 6.45) is 36.2. The fraction of sp³-hybridized carbons (Fsp3) is 0.872. The summed E-state index contributed by atoms with van der Waals surface area (Å²) in [5, 5.41) is 27.2. The molecule has 270 valence electrons. The monoisotopic (exact) mass is 653 g/mol. The molecular formula is C39H74NO6+. The predicted molar refractivity (Wildman–Crippen MR) is 191 cm³/mol. The molecule has 0 bridgehead atoms. The van der Waals surface area contributed by atoms with Crippen LogP contribution in [0.2, 0.25) is 0 Å². The Morgan fingerprint density at radius 2 is 0.652 bits per heavy atom. The van der Waals surface area contributed by atoms with Gasteiger partial charge in [-0.1, -0.05) is 109 Å². The highest BCUT2D eigenvalue weighted by molar-refractivity contribution is 5.67. The van der Waals surface area contributed by atoms with Crippen molar-refractivity contribution in [1.82, 2.24) is 0 Å². The second-order valence-electron chi connectivity index (χ2n) is 13.8. The van der Waals surface area contributed by atoms with Gasteiger partial charge in [0.05, 0.1) is 26.2 Å². The highest BCUT2D eigenvalue weighted by Crippen LogP contribution is 2.20. The smallest absolute Gasteiger partial charge is 0.303 e. The Labute approximate surface area is 283 Å². The van der Waals surface area contributed by atoms with Crippen molar-refractivity contribution < 1.29 is 34.2 Å². The van der Waals surface area contributed by atoms with Gasteiger partial charge >= 0.3 is 17.9 Å². The molecule has 7 heteroatoms.